The van der Waals surface area contributed by atoms with Crippen molar-refractivity contribution in [3.63, 3.8) is 0 Å². The molecule has 0 amide bonds. The monoisotopic (exact) mass is 334 g/mol. The van der Waals surface area contributed by atoms with Gasteiger partial charge in [0.2, 0.25) is 0 Å². The first kappa shape index (κ1) is 16.3. The highest BCUT2D eigenvalue weighted by molar-refractivity contribution is 5.87. The molecule has 0 unspecified atom stereocenters. The van der Waals surface area contributed by atoms with Crippen molar-refractivity contribution in [3.05, 3.63) is 80.6 Å². The zero-order valence-electron chi connectivity index (χ0n) is 13.6. The van der Waals surface area contributed by atoms with Crippen LogP contribution in [-0.2, 0) is 0 Å². The molecule has 1 aromatic heterocycles. The van der Waals surface area contributed by atoms with Crippen LogP contribution in [0.15, 0.2) is 53.3 Å². The lowest BCUT2D eigenvalue weighted by Gasteiger charge is -2.09. The van der Waals surface area contributed by atoms with Crippen LogP contribution < -0.4 is 26.6 Å². The Hall–Kier alpha value is -3.54. The average molecular weight is 334 g/mol. The maximum atomic E-state index is 12.6. The van der Waals surface area contributed by atoms with Crippen LogP contribution in [0.3, 0.4) is 0 Å². The molecule has 0 saturated heterocycles. The van der Waals surface area contributed by atoms with Gasteiger partial charge in [0, 0.05) is 11.9 Å². The zero-order valence-corrected chi connectivity index (χ0v) is 13.6. The molecule has 0 radical (unpaired) electrons. The van der Waals surface area contributed by atoms with E-state index in [-0.39, 0.29) is 11.1 Å². The van der Waals surface area contributed by atoms with Gasteiger partial charge >= 0.3 is 0 Å². The molecule has 0 aliphatic rings. The number of anilines is 1. The van der Waals surface area contributed by atoms with E-state index in [1.54, 1.807) is 6.07 Å². The van der Waals surface area contributed by atoms with Crippen LogP contribution in [0, 0.1) is 6.92 Å². The molecule has 0 aliphatic carbocycles. The third kappa shape index (κ3) is 3.23. The van der Waals surface area contributed by atoms with E-state index in [4.69, 9.17) is 0 Å². The van der Waals surface area contributed by atoms with E-state index in [1.165, 1.54) is 23.0 Å². The van der Waals surface area contributed by atoms with Crippen LogP contribution in [0.5, 0.6) is 0 Å². The zero-order chi connectivity index (χ0) is 18.0. The van der Waals surface area contributed by atoms with E-state index in [0.29, 0.717) is 21.9 Å². The molecule has 0 fully saturated rings. The first-order chi connectivity index (χ1) is 12.0. The number of hydrogen-bond donors (Lipinski definition) is 2. The molecule has 0 atom stereocenters. The standard InChI is InChI=1S/C19H17N3O3/c1-12-8-9-14(19(24)25)10-17(12)20-11-16-13(2)21-22(18(16)23)15-6-4-3-5-7-15/h3-11,20-21H,2H2,1H3,(H,24,25)/p-1/b16-11-. The van der Waals surface area contributed by atoms with Gasteiger partial charge in [-0.05, 0) is 36.2 Å². The number of benzene rings is 2. The van der Waals surface area contributed by atoms with Gasteiger partial charge in [-0.1, -0.05) is 36.9 Å². The Balaban J connectivity index is 2.03. The van der Waals surface area contributed by atoms with Gasteiger partial charge in [-0.25, -0.2) is 4.68 Å². The number of nitrogens with one attached hydrogen (secondary N) is 2. The highest BCUT2D eigenvalue weighted by Crippen LogP contribution is 2.16. The van der Waals surface area contributed by atoms with E-state index in [0.717, 1.165) is 5.56 Å². The Kier molecular flexibility index (Phi) is 4.26. The van der Waals surface area contributed by atoms with Crippen molar-refractivity contribution >= 4 is 24.4 Å². The van der Waals surface area contributed by atoms with Gasteiger partial charge in [-0.15, -0.1) is 0 Å². The Morgan fingerprint density at radius 1 is 1.24 bits per heavy atom. The summed E-state index contributed by atoms with van der Waals surface area (Å²) in [4.78, 5) is 23.6. The average Bonchev–Trinajstić information content (AvgIpc) is 2.89. The number of para-hydroxylation sites is 1. The van der Waals surface area contributed by atoms with Crippen LogP contribution in [0.2, 0.25) is 0 Å². The number of nitrogens with zero attached hydrogens (tertiary/aromatic N) is 1. The SMILES string of the molecule is C=c1[nH]n(-c2ccccc2)c(=O)/c1=C\Nc1cc(C(=O)[O-])ccc1C. The molecule has 1 heterocycles. The fourth-order valence-electron chi connectivity index (χ4n) is 2.46. The number of aromatic amines is 1. The molecule has 0 saturated carbocycles. The predicted molar refractivity (Wildman–Crippen MR) is 94.8 cm³/mol. The summed E-state index contributed by atoms with van der Waals surface area (Å²) in [5.41, 5.74) is 1.93. The molecule has 6 heteroatoms. The third-order valence-electron chi connectivity index (χ3n) is 3.87. The summed E-state index contributed by atoms with van der Waals surface area (Å²) >= 11 is 0. The summed E-state index contributed by atoms with van der Waals surface area (Å²) in [5, 5.41) is 17.7. The van der Waals surface area contributed by atoms with Gasteiger partial charge in [-0.2, -0.15) is 0 Å². The molecule has 0 bridgehead atoms. The minimum atomic E-state index is -1.26. The molecule has 3 aromatic rings. The van der Waals surface area contributed by atoms with Crippen molar-refractivity contribution in [2.75, 3.05) is 5.32 Å². The van der Waals surface area contributed by atoms with Gasteiger partial charge in [0.25, 0.3) is 5.56 Å². The second-order valence-electron chi connectivity index (χ2n) is 5.59. The van der Waals surface area contributed by atoms with Crippen molar-refractivity contribution < 1.29 is 9.90 Å². The molecule has 6 nitrogen and oxygen atoms in total. The third-order valence-corrected chi connectivity index (χ3v) is 3.87. The van der Waals surface area contributed by atoms with Crippen LogP contribution in [0.1, 0.15) is 15.9 Å². The first-order valence-corrected chi connectivity index (χ1v) is 7.61. The Labute approximate surface area is 143 Å². The molecule has 25 heavy (non-hydrogen) atoms. The van der Waals surface area contributed by atoms with Gasteiger partial charge in [0.1, 0.15) is 0 Å². The molecule has 2 aromatic carbocycles. The quantitative estimate of drug-likeness (QED) is 0.708. The summed E-state index contributed by atoms with van der Waals surface area (Å²) in [6.45, 7) is 5.69. The van der Waals surface area contributed by atoms with Crippen LogP contribution in [0.4, 0.5) is 5.69 Å². The predicted octanol–water partition coefficient (Wildman–Crippen LogP) is 0.0979. The van der Waals surface area contributed by atoms with Crippen LogP contribution in [-0.4, -0.2) is 15.7 Å². The fourth-order valence-corrected chi connectivity index (χ4v) is 2.46. The maximum Gasteiger partial charge on any atom is 0.280 e. The number of aromatic carboxylic acids is 1. The number of aromatic nitrogens is 2. The summed E-state index contributed by atoms with van der Waals surface area (Å²) in [6.07, 6.45) is 1.52. The summed E-state index contributed by atoms with van der Waals surface area (Å²) < 4.78 is 1.40. The molecular weight excluding hydrogens is 318 g/mol. The normalized spacial score (nSPS) is 11.5. The van der Waals surface area contributed by atoms with Crippen molar-refractivity contribution in [3.8, 4) is 5.69 Å². The second kappa shape index (κ2) is 6.52. The summed E-state index contributed by atoms with van der Waals surface area (Å²) in [5.74, 6) is -1.26. The number of carbonyl (C=O) groups excluding carboxylic acids is 1. The number of carboxylic acids is 1. The number of hydrogen-bond acceptors (Lipinski definition) is 4. The van der Waals surface area contributed by atoms with E-state index in [2.05, 4.69) is 17.0 Å². The van der Waals surface area contributed by atoms with Crippen molar-refractivity contribution in [2.45, 2.75) is 6.92 Å². The molecule has 3 rings (SSSR count). The van der Waals surface area contributed by atoms with Crippen molar-refractivity contribution in [2.24, 2.45) is 0 Å². The summed E-state index contributed by atoms with van der Waals surface area (Å²) in [6, 6.07) is 13.8. The van der Waals surface area contributed by atoms with Gasteiger partial charge < -0.3 is 15.2 Å². The highest BCUT2D eigenvalue weighted by atomic mass is 16.4. The molecule has 2 N–H and O–H groups in total. The largest absolute Gasteiger partial charge is 0.545 e. The molecule has 126 valence electrons. The first-order valence-electron chi connectivity index (χ1n) is 7.61. The van der Waals surface area contributed by atoms with E-state index in [1.807, 2.05) is 37.3 Å². The number of carboxylic acid groups (broad SMARTS) is 1. The maximum absolute atomic E-state index is 12.6. The lowest BCUT2D eigenvalue weighted by atomic mass is 10.1. The second-order valence-corrected chi connectivity index (χ2v) is 5.59. The van der Waals surface area contributed by atoms with Gasteiger partial charge in [0.15, 0.2) is 0 Å². The van der Waals surface area contributed by atoms with Crippen LogP contribution >= 0.6 is 0 Å². The number of rotatable bonds is 4. The topological polar surface area (TPSA) is 90.0 Å². The van der Waals surface area contributed by atoms with E-state index < -0.39 is 5.97 Å². The molecular formula is C19H16N3O3-. The Morgan fingerprint density at radius 2 is 1.96 bits per heavy atom. The molecule has 0 spiro atoms. The number of carbonyl (C=O) groups is 1. The lowest BCUT2D eigenvalue weighted by Crippen LogP contribution is -2.34. The van der Waals surface area contributed by atoms with Crippen LogP contribution in [0.25, 0.3) is 18.5 Å². The minimum Gasteiger partial charge on any atom is -0.545 e. The highest BCUT2D eigenvalue weighted by Gasteiger charge is 2.05. The van der Waals surface area contributed by atoms with Gasteiger partial charge in [-0.3, -0.25) is 9.89 Å². The number of aryl methyl sites for hydroxylation is 1. The smallest absolute Gasteiger partial charge is 0.280 e. The lowest BCUT2D eigenvalue weighted by molar-refractivity contribution is -0.255. The summed E-state index contributed by atoms with van der Waals surface area (Å²) in [7, 11) is 0. The Morgan fingerprint density at radius 3 is 2.64 bits per heavy atom. The minimum absolute atomic E-state index is 0.0621. The van der Waals surface area contributed by atoms with Crippen molar-refractivity contribution in [1.82, 2.24) is 9.78 Å². The van der Waals surface area contributed by atoms with E-state index in [9.17, 15) is 14.7 Å². The van der Waals surface area contributed by atoms with E-state index >= 15 is 0 Å². The van der Waals surface area contributed by atoms with Crippen molar-refractivity contribution in [1.29, 1.82) is 0 Å². The fraction of sp³-hybridized carbons (Fsp3) is 0.0526. The number of H-pyrrole nitrogens is 1. The van der Waals surface area contributed by atoms with Gasteiger partial charge in [0.05, 0.1) is 22.2 Å². The molecule has 0 aliphatic heterocycles. The Bertz CT molecular complexity index is 1100.